The van der Waals surface area contributed by atoms with E-state index in [2.05, 4.69) is 5.32 Å². The number of carbonyl (C=O) groups excluding carboxylic acids is 2. The Bertz CT molecular complexity index is 185. The van der Waals surface area contributed by atoms with Crippen molar-refractivity contribution in [2.24, 2.45) is 11.8 Å². The van der Waals surface area contributed by atoms with Crippen molar-refractivity contribution in [1.29, 1.82) is 0 Å². The van der Waals surface area contributed by atoms with Crippen molar-refractivity contribution in [2.75, 3.05) is 0 Å². The second kappa shape index (κ2) is 3.70. The van der Waals surface area contributed by atoms with Crippen LogP contribution < -0.4 is 5.32 Å². The van der Waals surface area contributed by atoms with Crippen LogP contribution in [0.25, 0.3) is 0 Å². The van der Waals surface area contributed by atoms with E-state index in [4.69, 9.17) is 0 Å². The molecule has 0 saturated heterocycles. The second-order valence-corrected chi connectivity index (χ2v) is 3.68. The molecule has 1 fully saturated rings. The molecule has 0 aromatic carbocycles. The zero-order valence-corrected chi connectivity index (χ0v) is 7.54. The van der Waals surface area contributed by atoms with Crippen LogP contribution in [0.1, 0.15) is 26.7 Å². The van der Waals surface area contributed by atoms with Crippen molar-refractivity contribution >= 4 is 12.2 Å². The topological polar surface area (TPSA) is 46.2 Å². The maximum absolute atomic E-state index is 11.5. The van der Waals surface area contributed by atoms with Crippen LogP contribution in [0.2, 0.25) is 0 Å². The van der Waals surface area contributed by atoms with Gasteiger partial charge in [-0.3, -0.25) is 9.59 Å². The number of rotatable bonds is 5. The fraction of sp³-hybridized carbons (Fsp3) is 0.778. The van der Waals surface area contributed by atoms with Crippen LogP contribution in [0.3, 0.4) is 0 Å². The number of nitrogens with one attached hydrogen (secondary N) is 1. The summed E-state index contributed by atoms with van der Waals surface area (Å²) in [5, 5.41) is 2.57. The van der Waals surface area contributed by atoms with Crippen LogP contribution in [-0.4, -0.2) is 18.2 Å². The van der Waals surface area contributed by atoms with Crippen LogP contribution in [0, 0.1) is 11.8 Å². The summed E-state index contributed by atoms with van der Waals surface area (Å²) in [6.07, 6.45) is 2.62. The molecule has 1 aliphatic carbocycles. The molecular weight excluding hydrogens is 154 g/mol. The average molecular weight is 169 g/mol. The van der Waals surface area contributed by atoms with Crippen molar-refractivity contribution in [3.8, 4) is 0 Å². The zero-order chi connectivity index (χ0) is 9.14. The summed E-state index contributed by atoms with van der Waals surface area (Å²) in [4.78, 5) is 21.7. The summed E-state index contributed by atoms with van der Waals surface area (Å²) in [7, 11) is 0. The van der Waals surface area contributed by atoms with Gasteiger partial charge in [0, 0.05) is 5.92 Å². The molecule has 0 radical (unpaired) electrons. The third-order valence-corrected chi connectivity index (χ3v) is 2.20. The lowest BCUT2D eigenvalue weighted by Crippen LogP contribution is -2.41. The standard InChI is InChI=1S/C9H15NO2/c1-6(2)8(10-5-11)9(12)7-3-4-7/h5-8H,3-4H2,1-2H3,(H,10,11)/t8-/m0/s1. The molecule has 1 saturated carbocycles. The molecule has 1 amide bonds. The van der Waals surface area contributed by atoms with E-state index in [1.165, 1.54) is 0 Å². The molecule has 12 heavy (non-hydrogen) atoms. The highest BCUT2D eigenvalue weighted by Crippen LogP contribution is 2.31. The number of carbonyl (C=O) groups is 2. The van der Waals surface area contributed by atoms with E-state index in [0.717, 1.165) is 12.8 Å². The number of amides is 1. The molecule has 0 spiro atoms. The Kier molecular flexibility index (Phi) is 2.84. The van der Waals surface area contributed by atoms with Gasteiger partial charge in [0.1, 0.15) is 0 Å². The van der Waals surface area contributed by atoms with Crippen LogP contribution in [0.15, 0.2) is 0 Å². The van der Waals surface area contributed by atoms with E-state index in [0.29, 0.717) is 6.41 Å². The lowest BCUT2D eigenvalue weighted by molar-refractivity contribution is -0.125. The predicted molar refractivity (Wildman–Crippen MR) is 45.6 cm³/mol. The number of Topliss-reactive ketones (excluding diaryl/α,β-unsaturated/α-hetero) is 1. The van der Waals surface area contributed by atoms with Crippen molar-refractivity contribution < 1.29 is 9.59 Å². The number of hydrogen-bond donors (Lipinski definition) is 1. The first-order valence-corrected chi connectivity index (χ1v) is 4.40. The van der Waals surface area contributed by atoms with Gasteiger partial charge < -0.3 is 5.32 Å². The maximum atomic E-state index is 11.5. The monoisotopic (exact) mass is 169 g/mol. The first kappa shape index (κ1) is 9.23. The van der Waals surface area contributed by atoms with Gasteiger partial charge in [-0.25, -0.2) is 0 Å². The van der Waals surface area contributed by atoms with Crippen molar-refractivity contribution in [1.82, 2.24) is 5.32 Å². The zero-order valence-electron chi connectivity index (χ0n) is 7.54. The minimum absolute atomic E-state index is 0.198. The Balaban J connectivity index is 2.50. The molecule has 0 aromatic heterocycles. The van der Waals surface area contributed by atoms with Gasteiger partial charge in [-0.2, -0.15) is 0 Å². The summed E-state index contributed by atoms with van der Waals surface area (Å²) >= 11 is 0. The first-order chi connectivity index (χ1) is 5.66. The highest BCUT2D eigenvalue weighted by atomic mass is 16.1. The Labute approximate surface area is 72.5 Å². The molecule has 68 valence electrons. The third-order valence-electron chi connectivity index (χ3n) is 2.20. The molecule has 3 heteroatoms. The highest BCUT2D eigenvalue weighted by Gasteiger charge is 2.35. The van der Waals surface area contributed by atoms with Gasteiger partial charge in [0.2, 0.25) is 6.41 Å². The van der Waals surface area contributed by atoms with Crippen molar-refractivity contribution in [3.05, 3.63) is 0 Å². The highest BCUT2D eigenvalue weighted by molar-refractivity contribution is 5.89. The van der Waals surface area contributed by atoms with Gasteiger partial charge in [0.25, 0.3) is 0 Å². The SMILES string of the molecule is CC(C)[C@H](NC=O)C(=O)C1CC1. The van der Waals surface area contributed by atoms with Gasteiger partial charge in [-0.15, -0.1) is 0 Å². The van der Waals surface area contributed by atoms with E-state index in [9.17, 15) is 9.59 Å². The Morgan fingerprint density at radius 1 is 1.50 bits per heavy atom. The molecule has 0 unspecified atom stereocenters. The van der Waals surface area contributed by atoms with Gasteiger partial charge in [0.15, 0.2) is 5.78 Å². The molecule has 0 aromatic rings. The molecule has 1 N–H and O–H groups in total. The fourth-order valence-corrected chi connectivity index (χ4v) is 1.30. The second-order valence-electron chi connectivity index (χ2n) is 3.68. The smallest absolute Gasteiger partial charge is 0.207 e. The lowest BCUT2D eigenvalue weighted by Gasteiger charge is -2.17. The van der Waals surface area contributed by atoms with Gasteiger partial charge in [-0.05, 0) is 18.8 Å². The van der Waals surface area contributed by atoms with E-state index in [-0.39, 0.29) is 23.7 Å². The minimum Gasteiger partial charge on any atom is -0.349 e. The molecule has 0 bridgehead atoms. The van der Waals surface area contributed by atoms with Gasteiger partial charge >= 0.3 is 0 Å². The fourth-order valence-electron chi connectivity index (χ4n) is 1.30. The quantitative estimate of drug-likeness (QED) is 0.617. The van der Waals surface area contributed by atoms with Gasteiger partial charge in [-0.1, -0.05) is 13.8 Å². The van der Waals surface area contributed by atoms with Crippen LogP contribution in [0.4, 0.5) is 0 Å². The Morgan fingerprint density at radius 3 is 2.42 bits per heavy atom. The predicted octanol–water partition coefficient (Wildman–Crippen LogP) is 0.736. The Morgan fingerprint density at radius 2 is 2.08 bits per heavy atom. The van der Waals surface area contributed by atoms with E-state index in [1.54, 1.807) is 0 Å². The molecular formula is C9H15NO2. The number of hydrogen-bond acceptors (Lipinski definition) is 2. The third kappa shape index (κ3) is 2.06. The summed E-state index contributed by atoms with van der Waals surface area (Å²) in [5.74, 6) is 0.630. The Hall–Kier alpha value is -0.860. The largest absolute Gasteiger partial charge is 0.349 e. The van der Waals surface area contributed by atoms with E-state index in [1.807, 2.05) is 13.8 Å². The number of ketones is 1. The average Bonchev–Trinajstić information content (AvgIpc) is 2.80. The summed E-state index contributed by atoms with van der Waals surface area (Å²) in [6, 6.07) is -0.269. The summed E-state index contributed by atoms with van der Waals surface area (Å²) in [5.41, 5.74) is 0. The van der Waals surface area contributed by atoms with Crippen molar-refractivity contribution in [2.45, 2.75) is 32.7 Å². The van der Waals surface area contributed by atoms with Crippen molar-refractivity contribution in [3.63, 3.8) is 0 Å². The molecule has 1 aliphatic rings. The molecule has 3 nitrogen and oxygen atoms in total. The van der Waals surface area contributed by atoms with Crippen LogP contribution in [-0.2, 0) is 9.59 Å². The van der Waals surface area contributed by atoms with E-state index >= 15 is 0 Å². The normalized spacial score (nSPS) is 18.9. The summed E-state index contributed by atoms with van der Waals surface area (Å²) < 4.78 is 0. The molecule has 0 heterocycles. The van der Waals surface area contributed by atoms with Crippen LogP contribution >= 0.6 is 0 Å². The van der Waals surface area contributed by atoms with Gasteiger partial charge in [0.05, 0.1) is 6.04 Å². The lowest BCUT2D eigenvalue weighted by atomic mass is 9.97. The molecule has 1 atom stereocenters. The maximum Gasteiger partial charge on any atom is 0.207 e. The molecule has 0 aliphatic heterocycles. The van der Waals surface area contributed by atoms with Crippen LogP contribution in [0.5, 0.6) is 0 Å². The minimum atomic E-state index is -0.269. The summed E-state index contributed by atoms with van der Waals surface area (Å²) in [6.45, 7) is 3.89. The molecule has 1 rings (SSSR count). The first-order valence-electron chi connectivity index (χ1n) is 4.40. The van der Waals surface area contributed by atoms with E-state index < -0.39 is 0 Å².